The molecule has 0 aromatic carbocycles. The van der Waals surface area contributed by atoms with Gasteiger partial charge in [0.25, 0.3) is 0 Å². The highest BCUT2D eigenvalue weighted by Crippen LogP contribution is 2.31. The topological polar surface area (TPSA) is 48.5 Å². The lowest BCUT2D eigenvalue weighted by Crippen LogP contribution is -2.16. The molecule has 1 aromatic heterocycles. The third-order valence-electron chi connectivity index (χ3n) is 3.23. The standard InChI is InChI=1S/C15H27ClN4OS/c1-19(2)10-6-5-8-12(21)14-13(16)15(22-18-14)17-9-7-11-20(3)4/h17H,5-11H2,1-4H3. The number of rotatable bonds is 11. The number of nitrogens with zero attached hydrogens (tertiary/aromatic N) is 3. The van der Waals surface area contributed by atoms with Crippen molar-refractivity contribution < 1.29 is 4.79 Å². The first-order valence-electron chi connectivity index (χ1n) is 7.63. The highest BCUT2D eigenvalue weighted by molar-refractivity contribution is 7.11. The minimum atomic E-state index is 0.0429. The number of nitrogens with one attached hydrogen (secondary N) is 1. The van der Waals surface area contributed by atoms with Gasteiger partial charge in [-0.15, -0.1) is 0 Å². The second kappa shape index (κ2) is 10.2. The van der Waals surface area contributed by atoms with Crippen LogP contribution in [0.25, 0.3) is 0 Å². The van der Waals surface area contributed by atoms with E-state index < -0.39 is 0 Å². The van der Waals surface area contributed by atoms with Crippen LogP contribution in [0.5, 0.6) is 0 Å². The first-order chi connectivity index (χ1) is 10.4. The SMILES string of the molecule is CN(C)CCCCC(=O)c1nsc(NCCCN(C)C)c1Cl. The van der Waals surface area contributed by atoms with Crippen molar-refractivity contribution in [3.8, 4) is 0 Å². The molecule has 0 bridgehead atoms. The van der Waals surface area contributed by atoms with Crippen molar-refractivity contribution in [2.75, 3.05) is 53.1 Å². The molecule has 0 radical (unpaired) electrons. The zero-order valence-electron chi connectivity index (χ0n) is 14.0. The predicted molar refractivity (Wildman–Crippen MR) is 95.5 cm³/mol. The maximum atomic E-state index is 12.2. The predicted octanol–water partition coefficient (Wildman–Crippen LogP) is 3.07. The molecule has 7 heteroatoms. The van der Waals surface area contributed by atoms with Gasteiger partial charge >= 0.3 is 0 Å². The van der Waals surface area contributed by atoms with Gasteiger partial charge in [0, 0.05) is 13.0 Å². The zero-order chi connectivity index (χ0) is 16.5. The summed E-state index contributed by atoms with van der Waals surface area (Å²) in [6, 6.07) is 0. The average molecular weight is 347 g/mol. The third kappa shape index (κ3) is 7.05. The van der Waals surface area contributed by atoms with E-state index in [0.29, 0.717) is 17.1 Å². The fraction of sp³-hybridized carbons (Fsp3) is 0.733. The summed E-state index contributed by atoms with van der Waals surface area (Å²) in [5.74, 6) is 0.0429. The lowest BCUT2D eigenvalue weighted by atomic mass is 10.1. The smallest absolute Gasteiger partial charge is 0.183 e. The van der Waals surface area contributed by atoms with Crippen LogP contribution in [0.2, 0.25) is 5.02 Å². The Morgan fingerprint density at radius 3 is 2.41 bits per heavy atom. The van der Waals surface area contributed by atoms with Crippen molar-refractivity contribution in [2.45, 2.75) is 25.7 Å². The van der Waals surface area contributed by atoms with Gasteiger partial charge in [0.05, 0.1) is 0 Å². The van der Waals surface area contributed by atoms with E-state index >= 15 is 0 Å². The van der Waals surface area contributed by atoms with Gasteiger partial charge in [-0.3, -0.25) is 4.79 Å². The van der Waals surface area contributed by atoms with Crippen LogP contribution in [0.15, 0.2) is 0 Å². The third-order valence-corrected chi connectivity index (χ3v) is 4.51. The van der Waals surface area contributed by atoms with Gasteiger partial charge in [-0.25, -0.2) is 0 Å². The summed E-state index contributed by atoms with van der Waals surface area (Å²) in [6.07, 6.45) is 3.42. The molecule has 0 aliphatic carbocycles. The Labute approximate surface area is 142 Å². The second-order valence-corrected chi connectivity index (χ2v) is 7.09. The Hall–Kier alpha value is -0.690. The number of ketones is 1. The molecular formula is C15H27ClN4OS. The Bertz CT molecular complexity index is 462. The monoisotopic (exact) mass is 346 g/mol. The van der Waals surface area contributed by atoms with Crippen molar-refractivity contribution in [1.82, 2.24) is 14.2 Å². The maximum absolute atomic E-state index is 12.2. The minimum absolute atomic E-state index is 0.0429. The van der Waals surface area contributed by atoms with E-state index in [2.05, 4.69) is 19.5 Å². The fourth-order valence-electron chi connectivity index (χ4n) is 1.99. The molecule has 0 amide bonds. The highest BCUT2D eigenvalue weighted by Gasteiger charge is 2.17. The maximum Gasteiger partial charge on any atom is 0.183 e. The molecule has 0 aliphatic rings. The van der Waals surface area contributed by atoms with Gasteiger partial charge < -0.3 is 15.1 Å². The molecule has 1 rings (SSSR count). The van der Waals surface area contributed by atoms with Crippen molar-refractivity contribution >= 4 is 33.9 Å². The molecule has 0 aliphatic heterocycles. The quantitative estimate of drug-likeness (QED) is 0.493. The normalized spacial score (nSPS) is 11.4. The van der Waals surface area contributed by atoms with E-state index in [1.54, 1.807) is 0 Å². The van der Waals surface area contributed by atoms with Crippen LogP contribution in [-0.4, -0.2) is 67.8 Å². The number of hydrogen-bond donors (Lipinski definition) is 1. The molecule has 0 unspecified atom stereocenters. The molecule has 0 atom stereocenters. The molecule has 0 saturated heterocycles. The van der Waals surface area contributed by atoms with Gasteiger partial charge in [-0.2, -0.15) is 4.37 Å². The molecule has 126 valence electrons. The largest absolute Gasteiger partial charge is 0.374 e. The summed E-state index contributed by atoms with van der Waals surface area (Å²) < 4.78 is 4.22. The minimum Gasteiger partial charge on any atom is -0.374 e. The molecule has 1 aromatic rings. The molecule has 1 N–H and O–H groups in total. The van der Waals surface area contributed by atoms with Gasteiger partial charge in [0.2, 0.25) is 0 Å². The van der Waals surface area contributed by atoms with Gasteiger partial charge in [-0.1, -0.05) is 11.6 Å². The van der Waals surface area contributed by atoms with Crippen LogP contribution < -0.4 is 5.32 Å². The van der Waals surface area contributed by atoms with E-state index in [9.17, 15) is 4.79 Å². The van der Waals surface area contributed by atoms with Crippen molar-refractivity contribution in [3.05, 3.63) is 10.7 Å². The molecule has 0 saturated carbocycles. The van der Waals surface area contributed by atoms with Gasteiger partial charge in [0.15, 0.2) is 5.78 Å². The Balaban J connectivity index is 2.40. The number of Topliss-reactive ketones (excluding diaryl/α,β-unsaturated/α-hetero) is 1. The fourth-order valence-corrected chi connectivity index (χ4v) is 3.08. The van der Waals surface area contributed by atoms with Crippen LogP contribution in [0.4, 0.5) is 5.00 Å². The van der Waals surface area contributed by atoms with E-state index in [-0.39, 0.29) is 5.78 Å². The summed E-state index contributed by atoms with van der Waals surface area (Å²) in [5, 5.41) is 4.55. The average Bonchev–Trinajstić information content (AvgIpc) is 2.80. The first kappa shape index (κ1) is 19.4. The van der Waals surface area contributed by atoms with Crippen LogP contribution >= 0.6 is 23.1 Å². The van der Waals surface area contributed by atoms with Gasteiger partial charge in [-0.05, 0) is 72.1 Å². The van der Waals surface area contributed by atoms with Crippen LogP contribution in [0.3, 0.4) is 0 Å². The lowest BCUT2D eigenvalue weighted by Gasteiger charge is -2.09. The second-order valence-electron chi connectivity index (χ2n) is 5.94. The zero-order valence-corrected chi connectivity index (χ0v) is 15.6. The first-order valence-corrected chi connectivity index (χ1v) is 8.78. The molecule has 5 nitrogen and oxygen atoms in total. The van der Waals surface area contributed by atoms with Crippen molar-refractivity contribution in [2.24, 2.45) is 0 Å². The number of halogens is 1. The Kier molecular flexibility index (Phi) is 8.93. The van der Waals surface area contributed by atoms with E-state index in [0.717, 1.165) is 43.9 Å². The van der Waals surface area contributed by atoms with Crippen LogP contribution in [0.1, 0.15) is 36.2 Å². The number of carbonyl (C=O) groups excluding carboxylic acids is 1. The number of unbranched alkanes of at least 4 members (excludes halogenated alkanes) is 1. The molecule has 0 spiro atoms. The summed E-state index contributed by atoms with van der Waals surface area (Å²) in [6.45, 7) is 2.84. The highest BCUT2D eigenvalue weighted by atomic mass is 35.5. The number of anilines is 1. The number of aromatic nitrogens is 1. The summed E-state index contributed by atoms with van der Waals surface area (Å²) >= 11 is 7.54. The molecule has 0 fully saturated rings. The number of carbonyl (C=O) groups is 1. The lowest BCUT2D eigenvalue weighted by molar-refractivity contribution is 0.0975. The van der Waals surface area contributed by atoms with E-state index in [4.69, 9.17) is 11.6 Å². The molecule has 22 heavy (non-hydrogen) atoms. The van der Waals surface area contributed by atoms with Gasteiger partial charge in [0.1, 0.15) is 15.7 Å². The summed E-state index contributed by atoms with van der Waals surface area (Å²) in [5.41, 5.74) is 0.423. The molecule has 1 heterocycles. The van der Waals surface area contributed by atoms with Crippen LogP contribution in [0, 0.1) is 0 Å². The molecular weight excluding hydrogens is 320 g/mol. The van der Waals surface area contributed by atoms with Crippen molar-refractivity contribution in [3.63, 3.8) is 0 Å². The Morgan fingerprint density at radius 2 is 1.77 bits per heavy atom. The van der Waals surface area contributed by atoms with Crippen molar-refractivity contribution in [1.29, 1.82) is 0 Å². The summed E-state index contributed by atoms with van der Waals surface area (Å²) in [7, 11) is 8.17. The Morgan fingerprint density at radius 1 is 1.14 bits per heavy atom. The van der Waals surface area contributed by atoms with E-state index in [1.807, 2.05) is 28.2 Å². The van der Waals surface area contributed by atoms with Crippen LogP contribution in [-0.2, 0) is 0 Å². The van der Waals surface area contributed by atoms with E-state index in [1.165, 1.54) is 11.5 Å². The summed E-state index contributed by atoms with van der Waals surface area (Å²) in [4.78, 5) is 16.4. The number of hydrogen-bond acceptors (Lipinski definition) is 6.